The molecule has 2 atom stereocenters. The molecule has 1 aliphatic carbocycles. The van der Waals surface area contributed by atoms with E-state index in [9.17, 15) is 14.4 Å². The van der Waals surface area contributed by atoms with Gasteiger partial charge in [0.1, 0.15) is 11.7 Å². The molecule has 1 heterocycles. The van der Waals surface area contributed by atoms with Gasteiger partial charge in [-0.2, -0.15) is 0 Å². The first kappa shape index (κ1) is 24.0. The van der Waals surface area contributed by atoms with Gasteiger partial charge in [-0.15, -0.1) is 0 Å². The zero-order valence-corrected chi connectivity index (χ0v) is 19.1. The maximum absolute atomic E-state index is 13.4. The fourth-order valence-electron chi connectivity index (χ4n) is 3.84. The molecule has 2 rings (SSSR count). The molecule has 0 aliphatic heterocycles. The Bertz CT molecular complexity index is 744. The van der Waals surface area contributed by atoms with E-state index < -0.39 is 28.8 Å². The average Bonchev–Trinajstić information content (AvgIpc) is 2.69. The van der Waals surface area contributed by atoms with Crippen LogP contribution in [0.15, 0.2) is 18.6 Å². The fraction of sp³-hybridized carbons (Fsp3) is 0.696. The predicted molar refractivity (Wildman–Crippen MR) is 116 cm³/mol. The van der Waals surface area contributed by atoms with E-state index >= 15 is 0 Å². The van der Waals surface area contributed by atoms with Crippen LogP contribution in [0.25, 0.3) is 0 Å². The lowest BCUT2D eigenvalue weighted by atomic mass is 9.75. The molecule has 7 heteroatoms. The van der Waals surface area contributed by atoms with Crippen LogP contribution in [-0.2, 0) is 9.59 Å². The first-order valence-corrected chi connectivity index (χ1v) is 10.8. The van der Waals surface area contributed by atoms with E-state index in [-0.39, 0.29) is 23.3 Å². The van der Waals surface area contributed by atoms with E-state index in [0.29, 0.717) is 0 Å². The number of nitrogens with zero attached hydrogens (tertiary/aromatic N) is 2. The van der Waals surface area contributed by atoms with E-state index in [1.54, 1.807) is 0 Å². The van der Waals surface area contributed by atoms with Crippen molar-refractivity contribution in [1.29, 1.82) is 0 Å². The van der Waals surface area contributed by atoms with Crippen molar-refractivity contribution in [2.75, 3.05) is 0 Å². The average molecular weight is 417 g/mol. The summed E-state index contributed by atoms with van der Waals surface area (Å²) < 4.78 is 0. The van der Waals surface area contributed by atoms with Gasteiger partial charge in [-0.05, 0) is 24.2 Å². The number of carbonyl (C=O) groups excluding carboxylic acids is 3. The minimum Gasteiger partial charge on any atom is -0.344 e. The number of aromatic nitrogens is 2. The highest BCUT2D eigenvalue weighted by Crippen LogP contribution is 2.30. The van der Waals surface area contributed by atoms with Crippen LogP contribution in [0.2, 0.25) is 0 Å². The number of ketones is 1. The van der Waals surface area contributed by atoms with Crippen molar-refractivity contribution in [2.24, 2.45) is 16.7 Å². The normalized spacial score (nSPS) is 17.7. The standard InChI is InChI=1S/C23H36N4O3/c1-22(2,3)18(19(28)23(4,5)6)27-21(30)17(15-10-8-7-9-11-15)26-20(29)16-14-24-12-13-25-16/h12-15,17-18H,7-11H2,1-6H3,(H,26,29)(H,27,30). The zero-order valence-electron chi connectivity index (χ0n) is 19.1. The van der Waals surface area contributed by atoms with Gasteiger partial charge in [0, 0.05) is 17.8 Å². The number of rotatable bonds is 6. The van der Waals surface area contributed by atoms with E-state index in [0.717, 1.165) is 32.1 Å². The molecule has 1 aromatic rings. The molecule has 2 amide bonds. The molecule has 166 valence electrons. The van der Waals surface area contributed by atoms with Crippen molar-refractivity contribution in [2.45, 2.75) is 85.7 Å². The van der Waals surface area contributed by atoms with Crippen LogP contribution in [0.1, 0.15) is 84.1 Å². The van der Waals surface area contributed by atoms with Crippen LogP contribution in [0.3, 0.4) is 0 Å². The minimum atomic E-state index is -0.711. The summed E-state index contributed by atoms with van der Waals surface area (Å²) >= 11 is 0. The summed E-state index contributed by atoms with van der Waals surface area (Å²) in [5.41, 5.74) is -0.871. The van der Waals surface area contributed by atoms with Gasteiger partial charge in [0.2, 0.25) is 5.91 Å². The Labute approximate surface area is 179 Å². The van der Waals surface area contributed by atoms with Crippen LogP contribution < -0.4 is 10.6 Å². The number of hydrogen-bond acceptors (Lipinski definition) is 5. The third-order valence-corrected chi connectivity index (χ3v) is 5.64. The number of nitrogens with one attached hydrogen (secondary N) is 2. The summed E-state index contributed by atoms with van der Waals surface area (Å²) in [5.74, 6) is -0.726. The lowest BCUT2D eigenvalue weighted by molar-refractivity contribution is -0.136. The molecule has 0 radical (unpaired) electrons. The van der Waals surface area contributed by atoms with Gasteiger partial charge < -0.3 is 10.6 Å². The van der Waals surface area contributed by atoms with Gasteiger partial charge in [0.05, 0.1) is 12.2 Å². The summed E-state index contributed by atoms with van der Waals surface area (Å²) in [6.07, 6.45) is 9.25. The Kier molecular flexibility index (Phi) is 7.72. The molecule has 30 heavy (non-hydrogen) atoms. The van der Waals surface area contributed by atoms with E-state index in [4.69, 9.17) is 0 Å². The van der Waals surface area contributed by atoms with E-state index in [1.807, 2.05) is 41.5 Å². The quantitative estimate of drug-likeness (QED) is 0.741. The summed E-state index contributed by atoms with van der Waals surface area (Å²) in [6.45, 7) is 11.4. The van der Waals surface area contributed by atoms with Gasteiger partial charge in [-0.3, -0.25) is 19.4 Å². The molecule has 2 N–H and O–H groups in total. The van der Waals surface area contributed by atoms with Gasteiger partial charge in [0.15, 0.2) is 5.78 Å². The SMILES string of the molecule is CC(C)(C)C(=O)C(NC(=O)C(NC(=O)c1cnccn1)C1CCCCC1)C(C)(C)C. The predicted octanol–water partition coefficient (Wildman–Crippen LogP) is 3.30. The monoisotopic (exact) mass is 416 g/mol. The highest BCUT2D eigenvalue weighted by molar-refractivity contribution is 5.98. The largest absolute Gasteiger partial charge is 0.344 e. The van der Waals surface area contributed by atoms with E-state index in [1.165, 1.54) is 18.6 Å². The fourth-order valence-corrected chi connectivity index (χ4v) is 3.84. The highest BCUT2D eigenvalue weighted by atomic mass is 16.2. The molecule has 1 aromatic heterocycles. The Balaban J connectivity index is 2.26. The first-order valence-electron chi connectivity index (χ1n) is 10.8. The topological polar surface area (TPSA) is 101 Å². The lowest BCUT2D eigenvalue weighted by Gasteiger charge is -2.37. The number of Topliss-reactive ketones (excluding diaryl/α,β-unsaturated/α-hetero) is 1. The Morgan fingerprint density at radius 2 is 1.60 bits per heavy atom. The molecule has 0 spiro atoms. The van der Waals surface area contributed by atoms with Crippen molar-refractivity contribution in [3.05, 3.63) is 24.3 Å². The van der Waals surface area contributed by atoms with Crippen molar-refractivity contribution >= 4 is 17.6 Å². The van der Waals surface area contributed by atoms with Crippen molar-refractivity contribution in [3.63, 3.8) is 0 Å². The summed E-state index contributed by atoms with van der Waals surface area (Å²) in [6, 6.07) is -1.36. The van der Waals surface area contributed by atoms with Gasteiger partial charge in [0.25, 0.3) is 5.91 Å². The van der Waals surface area contributed by atoms with Gasteiger partial charge in [-0.25, -0.2) is 4.98 Å². The second kappa shape index (κ2) is 9.67. The number of carbonyl (C=O) groups is 3. The van der Waals surface area contributed by atoms with Crippen LogP contribution in [0.4, 0.5) is 0 Å². The summed E-state index contributed by atoms with van der Waals surface area (Å²) in [5, 5.41) is 5.85. The van der Waals surface area contributed by atoms with Crippen LogP contribution in [0.5, 0.6) is 0 Å². The number of hydrogen-bond donors (Lipinski definition) is 2. The molecule has 0 bridgehead atoms. The molecule has 1 aliphatic rings. The molecule has 0 aromatic carbocycles. The van der Waals surface area contributed by atoms with Crippen molar-refractivity contribution < 1.29 is 14.4 Å². The van der Waals surface area contributed by atoms with Crippen molar-refractivity contribution in [3.8, 4) is 0 Å². The maximum atomic E-state index is 13.4. The molecular formula is C23H36N4O3. The number of amides is 2. The van der Waals surface area contributed by atoms with E-state index in [2.05, 4.69) is 20.6 Å². The molecule has 7 nitrogen and oxygen atoms in total. The molecule has 0 saturated heterocycles. The Morgan fingerprint density at radius 3 is 2.10 bits per heavy atom. The molecule has 1 saturated carbocycles. The van der Waals surface area contributed by atoms with Gasteiger partial charge >= 0.3 is 0 Å². The molecule has 2 unspecified atom stereocenters. The first-order chi connectivity index (χ1) is 13.9. The maximum Gasteiger partial charge on any atom is 0.272 e. The lowest BCUT2D eigenvalue weighted by Crippen LogP contribution is -2.59. The third kappa shape index (κ3) is 6.34. The van der Waals surface area contributed by atoms with Gasteiger partial charge in [-0.1, -0.05) is 60.8 Å². The smallest absolute Gasteiger partial charge is 0.272 e. The van der Waals surface area contributed by atoms with Crippen molar-refractivity contribution in [1.82, 2.24) is 20.6 Å². The second-order valence-electron chi connectivity index (χ2n) is 10.4. The Morgan fingerprint density at radius 1 is 0.967 bits per heavy atom. The van der Waals surface area contributed by atoms with Crippen LogP contribution in [-0.4, -0.2) is 39.6 Å². The zero-order chi connectivity index (χ0) is 22.5. The minimum absolute atomic E-state index is 0.0222. The summed E-state index contributed by atoms with van der Waals surface area (Å²) in [7, 11) is 0. The van der Waals surface area contributed by atoms with Crippen LogP contribution in [0, 0.1) is 16.7 Å². The Hall–Kier alpha value is -2.31. The third-order valence-electron chi connectivity index (χ3n) is 5.64. The second-order valence-corrected chi connectivity index (χ2v) is 10.4. The molecular weight excluding hydrogens is 380 g/mol. The molecule has 1 fully saturated rings. The summed E-state index contributed by atoms with van der Waals surface area (Å²) in [4.78, 5) is 47.1. The van der Waals surface area contributed by atoms with Crippen LogP contribution >= 0.6 is 0 Å². The highest BCUT2D eigenvalue weighted by Gasteiger charge is 2.41.